The van der Waals surface area contributed by atoms with E-state index in [4.69, 9.17) is 9.84 Å². The summed E-state index contributed by atoms with van der Waals surface area (Å²) in [5, 5.41) is 11.9. The highest BCUT2D eigenvalue weighted by atomic mass is 16.5. The number of hydrogen-bond donors (Lipinski definition) is 2. The second-order valence-corrected chi connectivity index (χ2v) is 5.06. The van der Waals surface area contributed by atoms with Crippen LogP contribution in [-0.4, -0.2) is 48.1 Å². The Morgan fingerprint density at radius 3 is 3.00 bits per heavy atom. The van der Waals surface area contributed by atoms with E-state index >= 15 is 0 Å². The fourth-order valence-electron chi connectivity index (χ4n) is 2.54. The Balaban J connectivity index is 1.83. The van der Waals surface area contributed by atoms with E-state index in [1.165, 1.54) is 0 Å². The second kappa shape index (κ2) is 7.08. The average Bonchev–Trinajstić information content (AvgIpc) is 2.94. The fourth-order valence-corrected chi connectivity index (χ4v) is 2.54. The second-order valence-electron chi connectivity index (χ2n) is 5.06. The molecule has 1 aromatic carbocycles. The monoisotopic (exact) mass is 292 g/mol. The van der Waals surface area contributed by atoms with Gasteiger partial charge in [-0.2, -0.15) is 0 Å². The highest BCUT2D eigenvalue weighted by molar-refractivity contribution is 5.91. The third-order valence-corrected chi connectivity index (χ3v) is 3.63. The maximum absolute atomic E-state index is 11.9. The van der Waals surface area contributed by atoms with Gasteiger partial charge in [-0.1, -0.05) is 6.07 Å². The molecule has 0 spiro atoms. The number of carbonyl (C=O) groups excluding carboxylic acids is 1. The molecule has 21 heavy (non-hydrogen) atoms. The number of ether oxygens (including phenoxy) is 1. The van der Waals surface area contributed by atoms with Crippen LogP contribution >= 0.6 is 0 Å². The van der Waals surface area contributed by atoms with Crippen molar-refractivity contribution in [2.75, 3.05) is 25.5 Å². The summed E-state index contributed by atoms with van der Waals surface area (Å²) >= 11 is 0. The quantitative estimate of drug-likeness (QED) is 0.832. The van der Waals surface area contributed by atoms with Gasteiger partial charge < -0.3 is 15.2 Å². The molecule has 2 rings (SSSR count). The summed E-state index contributed by atoms with van der Waals surface area (Å²) in [7, 11) is 1.57. The highest BCUT2D eigenvalue weighted by Crippen LogP contribution is 2.19. The zero-order valence-electron chi connectivity index (χ0n) is 12.0. The minimum atomic E-state index is -0.805. The standard InChI is InChI=1S/C15H20N2O4/c1-21-12-5-2-4-11(10-12)16-14(18)7-9-17-8-3-6-13(17)15(19)20/h2,4-5,10,13H,3,6-9H2,1H3,(H,16,18)(H,19,20). The number of hydrogen-bond acceptors (Lipinski definition) is 4. The molecule has 0 radical (unpaired) electrons. The SMILES string of the molecule is COc1cccc(NC(=O)CCN2CCCC2C(=O)O)c1. The average molecular weight is 292 g/mol. The third kappa shape index (κ3) is 4.19. The number of methoxy groups -OCH3 is 1. The van der Waals surface area contributed by atoms with Gasteiger partial charge in [-0.25, -0.2) is 0 Å². The summed E-state index contributed by atoms with van der Waals surface area (Å²) in [5.74, 6) is -0.252. The van der Waals surface area contributed by atoms with Gasteiger partial charge in [-0.3, -0.25) is 14.5 Å². The third-order valence-electron chi connectivity index (χ3n) is 3.63. The van der Waals surface area contributed by atoms with Crippen LogP contribution < -0.4 is 10.1 Å². The van der Waals surface area contributed by atoms with Crippen molar-refractivity contribution < 1.29 is 19.4 Å². The van der Waals surface area contributed by atoms with E-state index in [9.17, 15) is 9.59 Å². The Kier molecular flexibility index (Phi) is 5.16. The van der Waals surface area contributed by atoms with Crippen LogP contribution in [-0.2, 0) is 9.59 Å². The van der Waals surface area contributed by atoms with Gasteiger partial charge in [0.25, 0.3) is 0 Å². The zero-order valence-corrected chi connectivity index (χ0v) is 12.0. The van der Waals surface area contributed by atoms with Crippen LogP contribution in [0.2, 0.25) is 0 Å². The first kappa shape index (κ1) is 15.3. The number of amides is 1. The van der Waals surface area contributed by atoms with Crippen molar-refractivity contribution in [3.63, 3.8) is 0 Å². The lowest BCUT2D eigenvalue weighted by atomic mass is 10.2. The number of benzene rings is 1. The van der Waals surface area contributed by atoms with E-state index < -0.39 is 12.0 Å². The lowest BCUT2D eigenvalue weighted by Gasteiger charge is -2.20. The molecule has 0 aliphatic carbocycles. The van der Waals surface area contributed by atoms with E-state index in [0.717, 1.165) is 13.0 Å². The van der Waals surface area contributed by atoms with Crippen LogP contribution in [0.1, 0.15) is 19.3 Å². The van der Waals surface area contributed by atoms with Crippen molar-refractivity contribution in [2.45, 2.75) is 25.3 Å². The molecule has 0 bridgehead atoms. The van der Waals surface area contributed by atoms with Crippen molar-refractivity contribution in [1.29, 1.82) is 0 Å². The molecule has 6 heteroatoms. The topological polar surface area (TPSA) is 78.9 Å². The summed E-state index contributed by atoms with van der Waals surface area (Å²) in [5.41, 5.74) is 0.676. The van der Waals surface area contributed by atoms with Crippen LogP contribution in [0.5, 0.6) is 5.75 Å². The first-order valence-electron chi connectivity index (χ1n) is 7.01. The lowest BCUT2D eigenvalue weighted by molar-refractivity contribution is -0.142. The maximum atomic E-state index is 11.9. The van der Waals surface area contributed by atoms with Crippen molar-refractivity contribution >= 4 is 17.6 Å². The zero-order chi connectivity index (χ0) is 15.2. The van der Waals surface area contributed by atoms with Gasteiger partial charge in [0.1, 0.15) is 11.8 Å². The Bertz CT molecular complexity index is 518. The number of likely N-dealkylation sites (tertiary alicyclic amines) is 1. The smallest absolute Gasteiger partial charge is 0.320 e. The predicted molar refractivity (Wildman–Crippen MR) is 78.5 cm³/mol. The number of carboxylic acids is 1. The maximum Gasteiger partial charge on any atom is 0.320 e. The van der Waals surface area contributed by atoms with E-state index in [-0.39, 0.29) is 12.3 Å². The lowest BCUT2D eigenvalue weighted by Crippen LogP contribution is -2.37. The number of rotatable bonds is 6. The summed E-state index contributed by atoms with van der Waals surface area (Å²) in [6.45, 7) is 1.20. The Hall–Kier alpha value is -2.08. The molecular weight excluding hydrogens is 272 g/mol. The Morgan fingerprint density at radius 2 is 2.29 bits per heavy atom. The molecule has 1 aliphatic rings. The molecule has 2 N–H and O–H groups in total. The minimum Gasteiger partial charge on any atom is -0.497 e. The van der Waals surface area contributed by atoms with E-state index in [1.807, 2.05) is 4.90 Å². The summed E-state index contributed by atoms with van der Waals surface area (Å²) in [6, 6.07) is 6.69. The fraction of sp³-hybridized carbons (Fsp3) is 0.467. The minimum absolute atomic E-state index is 0.126. The van der Waals surface area contributed by atoms with Gasteiger partial charge in [0, 0.05) is 24.7 Å². The Labute approximate surface area is 123 Å². The van der Waals surface area contributed by atoms with Gasteiger partial charge in [-0.05, 0) is 31.5 Å². The molecule has 1 aliphatic heterocycles. The van der Waals surface area contributed by atoms with Gasteiger partial charge in [0.2, 0.25) is 5.91 Å². The molecule has 1 fully saturated rings. The summed E-state index contributed by atoms with van der Waals surface area (Å²) < 4.78 is 5.09. The van der Waals surface area contributed by atoms with Crippen molar-refractivity contribution in [3.05, 3.63) is 24.3 Å². The van der Waals surface area contributed by atoms with Crippen LogP contribution in [0.4, 0.5) is 5.69 Å². The number of nitrogens with zero attached hydrogens (tertiary/aromatic N) is 1. The van der Waals surface area contributed by atoms with Crippen molar-refractivity contribution in [2.24, 2.45) is 0 Å². The van der Waals surface area contributed by atoms with Crippen LogP contribution in [0.3, 0.4) is 0 Å². The summed E-state index contributed by atoms with van der Waals surface area (Å²) in [6.07, 6.45) is 1.81. The van der Waals surface area contributed by atoms with E-state index in [2.05, 4.69) is 5.32 Å². The van der Waals surface area contributed by atoms with Crippen molar-refractivity contribution in [3.8, 4) is 5.75 Å². The highest BCUT2D eigenvalue weighted by Gasteiger charge is 2.30. The molecule has 1 unspecified atom stereocenters. The molecule has 1 heterocycles. The van der Waals surface area contributed by atoms with Crippen LogP contribution in [0, 0.1) is 0 Å². The number of carboxylic acid groups (broad SMARTS) is 1. The molecule has 114 valence electrons. The van der Waals surface area contributed by atoms with Gasteiger partial charge in [-0.15, -0.1) is 0 Å². The first-order valence-corrected chi connectivity index (χ1v) is 7.01. The number of aliphatic carboxylic acids is 1. The number of anilines is 1. The molecular formula is C15H20N2O4. The normalized spacial score (nSPS) is 18.4. The molecule has 1 saturated heterocycles. The molecule has 1 amide bonds. The van der Waals surface area contributed by atoms with Gasteiger partial charge in [0.15, 0.2) is 0 Å². The number of nitrogens with one attached hydrogen (secondary N) is 1. The molecule has 1 aromatic rings. The van der Waals surface area contributed by atoms with Crippen molar-refractivity contribution in [1.82, 2.24) is 4.90 Å². The van der Waals surface area contributed by atoms with Gasteiger partial charge >= 0.3 is 5.97 Å². The molecule has 0 saturated carbocycles. The van der Waals surface area contributed by atoms with E-state index in [1.54, 1.807) is 31.4 Å². The molecule has 1 atom stereocenters. The summed E-state index contributed by atoms with van der Waals surface area (Å²) in [4.78, 5) is 24.8. The molecule has 6 nitrogen and oxygen atoms in total. The van der Waals surface area contributed by atoms with Crippen LogP contribution in [0.25, 0.3) is 0 Å². The Morgan fingerprint density at radius 1 is 1.48 bits per heavy atom. The predicted octanol–water partition coefficient (Wildman–Crippen LogP) is 1.57. The van der Waals surface area contributed by atoms with Crippen LogP contribution in [0.15, 0.2) is 24.3 Å². The molecule has 0 aromatic heterocycles. The largest absolute Gasteiger partial charge is 0.497 e. The number of carbonyl (C=O) groups is 2. The van der Waals surface area contributed by atoms with Gasteiger partial charge in [0.05, 0.1) is 7.11 Å². The first-order chi connectivity index (χ1) is 10.1. The van der Waals surface area contributed by atoms with E-state index in [0.29, 0.717) is 24.4 Å².